The number of benzene rings is 2. The SMILES string of the molecule is CNC(=O)N1CCc2ccc(Oc3ccc(C(F)(F)F)cc3)cc2C1. The van der Waals surface area contributed by atoms with Gasteiger partial charge in [0.05, 0.1) is 5.56 Å². The van der Waals surface area contributed by atoms with Gasteiger partial charge in [-0.3, -0.25) is 0 Å². The number of urea groups is 1. The molecule has 0 aromatic heterocycles. The maximum Gasteiger partial charge on any atom is 0.416 e. The molecule has 2 aromatic carbocycles. The van der Waals surface area contributed by atoms with E-state index in [1.165, 1.54) is 12.1 Å². The number of ether oxygens (including phenoxy) is 1. The first-order valence-corrected chi connectivity index (χ1v) is 7.80. The van der Waals surface area contributed by atoms with E-state index in [9.17, 15) is 18.0 Å². The van der Waals surface area contributed by atoms with Crippen molar-refractivity contribution in [3.8, 4) is 11.5 Å². The van der Waals surface area contributed by atoms with E-state index in [1.54, 1.807) is 18.0 Å². The summed E-state index contributed by atoms with van der Waals surface area (Å²) in [6, 6.07) is 9.95. The van der Waals surface area contributed by atoms with Gasteiger partial charge in [0.25, 0.3) is 0 Å². The van der Waals surface area contributed by atoms with E-state index in [-0.39, 0.29) is 6.03 Å². The van der Waals surface area contributed by atoms with Crippen molar-refractivity contribution in [2.45, 2.75) is 19.1 Å². The van der Waals surface area contributed by atoms with Gasteiger partial charge < -0.3 is 15.0 Å². The number of carbonyl (C=O) groups is 1. The zero-order chi connectivity index (χ0) is 18.0. The first-order chi connectivity index (χ1) is 11.9. The summed E-state index contributed by atoms with van der Waals surface area (Å²) in [7, 11) is 1.59. The minimum absolute atomic E-state index is 0.139. The first kappa shape index (κ1) is 17.1. The quantitative estimate of drug-likeness (QED) is 0.882. The minimum Gasteiger partial charge on any atom is -0.457 e. The summed E-state index contributed by atoms with van der Waals surface area (Å²) in [6.07, 6.45) is -3.61. The van der Waals surface area contributed by atoms with E-state index in [2.05, 4.69) is 5.32 Å². The molecule has 1 heterocycles. The Morgan fingerprint density at radius 1 is 1.08 bits per heavy atom. The third kappa shape index (κ3) is 3.87. The molecule has 132 valence electrons. The molecule has 0 radical (unpaired) electrons. The van der Waals surface area contributed by atoms with Crippen LogP contribution in [0.3, 0.4) is 0 Å². The maximum atomic E-state index is 12.6. The Balaban J connectivity index is 1.75. The molecular formula is C18H17F3N2O2. The van der Waals surface area contributed by atoms with Gasteiger partial charge in [0.1, 0.15) is 11.5 Å². The van der Waals surface area contributed by atoms with Crippen LogP contribution < -0.4 is 10.1 Å². The van der Waals surface area contributed by atoms with E-state index in [0.29, 0.717) is 24.6 Å². The molecule has 0 unspecified atom stereocenters. The lowest BCUT2D eigenvalue weighted by Gasteiger charge is -2.28. The molecule has 0 aliphatic carbocycles. The van der Waals surface area contributed by atoms with Crippen LogP contribution in [0.15, 0.2) is 42.5 Å². The average Bonchev–Trinajstić information content (AvgIpc) is 2.60. The van der Waals surface area contributed by atoms with Crippen LogP contribution in [0.1, 0.15) is 16.7 Å². The van der Waals surface area contributed by atoms with E-state index < -0.39 is 11.7 Å². The number of hydrogen-bond donors (Lipinski definition) is 1. The fraction of sp³-hybridized carbons (Fsp3) is 0.278. The third-order valence-corrected chi connectivity index (χ3v) is 4.11. The van der Waals surface area contributed by atoms with Crippen LogP contribution in [0.5, 0.6) is 11.5 Å². The minimum atomic E-state index is -4.37. The summed E-state index contributed by atoms with van der Waals surface area (Å²) in [5.74, 6) is 0.851. The Kier molecular flexibility index (Phi) is 4.57. The highest BCUT2D eigenvalue weighted by Crippen LogP contribution is 2.32. The summed E-state index contributed by atoms with van der Waals surface area (Å²) in [4.78, 5) is 13.5. The Bertz CT molecular complexity index is 773. The number of rotatable bonds is 2. The molecular weight excluding hydrogens is 333 g/mol. The van der Waals surface area contributed by atoms with Gasteiger partial charge in [0, 0.05) is 20.1 Å². The monoisotopic (exact) mass is 350 g/mol. The second-order valence-corrected chi connectivity index (χ2v) is 5.78. The highest BCUT2D eigenvalue weighted by molar-refractivity contribution is 5.74. The van der Waals surface area contributed by atoms with Gasteiger partial charge in [-0.15, -0.1) is 0 Å². The molecule has 0 bridgehead atoms. The molecule has 3 rings (SSSR count). The number of hydrogen-bond acceptors (Lipinski definition) is 2. The molecule has 1 aliphatic heterocycles. The second-order valence-electron chi connectivity index (χ2n) is 5.78. The van der Waals surface area contributed by atoms with Gasteiger partial charge in [0.2, 0.25) is 0 Å². The van der Waals surface area contributed by atoms with Crippen LogP contribution in [0.4, 0.5) is 18.0 Å². The lowest BCUT2D eigenvalue weighted by molar-refractivity contribution is -0.137. The van der Waals surface area contributed by atoms with E-state index in [1.807, 2.05) is 12.1 Å². The highest BCUT2D eigenvalue weighted by atomic mass is 19.4. The van der Waals surface area contributed by atoms with Crippen LogP contribution in [-0.4, -0.2) is 24.5 Å². The average molecular weight is 350 g/mol. The molecule has 0 fully saturated rings. The summed E-state index contributed by atoms with van der Waals surface area (Å²) in [6.45, 7) is 1.12. The van der Waals surface area contributed by atoms with Crippen molar-refractivity contribution in [1.29, 1.82) is 0 Å². The summed E-state index contributed by atoms with van der Waals surface area (Å²) >= 11 is 0. The molecule has 2 aromatic rings. The van der Waals surface area contributed by atoms with Crippen molar-refractivity contribution < 1.29 is 22.7 Å². The van der Waals surface area contributed by atoms with E-state index >= 15 is 0 Å². The smallest absolute Gasteiger partial charge is 0.416 e. The van der Waals surface area contributed by atoms with Crippen molar-refractivity contribution in [2.24, 2.45) is 0 Å². The fourth-order valence-corrected chi connectivity index (χ4v) is 2.78. The van der Waals surface area contributed by atoms with Gasteiger partial charge in [-0.2, -0.15) is 13.2 Å². The number of nitrogens with zero attached hydrogens (tertiary/aromatic N) is 1. The molecule has 0 saturated heterocycles. The predicted molar refractivity (Wildman–Crippen MR) is 86.5 cm³/mol. The predicted octanol–water partition coefficient (Wildman–Crippen LogP) is 4.20. The van der Waals surface area contributed by atoms with Crippen LogP contribution in [0.25, 0.3) is 0 Å². The summed E-state index contributed by atoms with van der Waals surface area (Å²) in [5.41, 5.74) is 1.39. The van der Waals surface area contributed by atoms with Gasteiger partial charge >= 0.3 is 12.2 Å². The van der Waals surface area contributed by atoms with Crippen molar-refractivity contribution in [1.82, 2.24) is 10.2 Å². The number of halogens is 3. The lowest BCUT2D eigenvalue weighted by atomic mass is 10.00. The number of fused-ring (bicyclic) bond motifs is 1. The number of alkyl halides is 3. The van der Waals surface area contributed by atoms with Crippen LogP contribution in [0.2, 0.25) is 0 Å². The summed E-state index contributed by atoms with van der Waals surface area (Å²) in [5, 5.41) is 2.60. The Morgan fingerprint density at radius 2 is 1.76 bits per heavy atom. The van der Waals surface area contributed by atoms with Gasteiger partial charge in [0.15, 0.2) is 0 Å². The van der Waals surface area contributed by atoms with Gasteiger partial charge in [-0.1, -0.05) is 6.07 Å². The number of nitrogens with one attached hydrogen (secondary N) is 1. The first-order valence-electron chi connectivity index (χ1n) is 7.80. The molecule has 25 heavy (non-hydrogen) atoms. The lowest BCUT2D eigenvalue weighted by Crippen LogP contribution is -2.41. The zero-order valence-corrected chi connectivity index (χ0v) is 13.6. The molecule has 0 spiro atoms. The van der Waals surface area contributed by atoms with Gasteiger partial charge in [-0.25, -0.2) is 4.79 Å². The third-order valence-electron chi connectivity index (χ3n) is 4.11. The maximum absolute atomic E-state index is 12.6. The van der Waals surface area contributed by atoms with Gasteiger partial charge in [-0.05, 0) is 53.9 Å². The largest absolute Gasteiger partial charge is 0.457 e. The Hall–Kier alpha value is -2.70. The van der Waals surface area contributed by atoms with Crippen LogP contribution in [-0.2, 0) is 19.1 Å². The number of carbonyl (C=O) groups excluding carboxylic acids is 1. The second kappa shape index (κ2) is 6.66. The summed E-state index contributed by atoms with van der Waals surface area (Å²) < 4.78 is 43.4. The topological polar surface area (TPSA) is 41.6 Å². The zero-order valence-electron chi connectivity index (χ0n) is 13.6. The van der Waals surface area contributed by atoms with Crippen LogP contribution in [0, 0.1) is 0 Å². The molecule has 1 N–H and O–H groups in total. The van der Waals surface area contributed by atoms with E-state index in [0.717, 1.165) is 29.7 Å². The standard InChI is InChI=1S/C18H17F3N2O2/c1-22-17(24)23-9-8-12-2-5-16(10-13(12)11-23)25-15-6-3-14(4-7-15)18(19,20)21/h2-7,10H,8-9,11H2,1H3,(H,22,24). The van der Waals surface area contributed by atoms with Crippen molar-refractivity contribution in [3.05, 3.63) is 59.2 Å². The highest BCUT2D eigenvalue weighted by Gasteiger charge is 2.30. The molecule has 2 amide bonds. The molecule has 0 saturated carbocycles. The molecule has 1 aliphatic rings. The number of amides is 2. The van der Waals surface area contributed by atoms with Crippen molar-refractivity contribution in [3.63, 3.8) is 0 Å². The molecule has 7 heteroatoms. The van der Waals surface area contributed by atoms with Crippen LogP contribution >= 0.6 is 0 Å². The Morgan fingerprint density at radius 3 is 2.40 bits per heavy atom. The molecule has 4 nitrogen and oxygen atoms in total. The van der Waals surface area contributed by atoms with Crippen molar-refractivity contribution in [2.75, 3.05) is 13.6 Å². The Labute approximate surface area is 143 Å². The fourth-order valence-electron chi connectivity index (χ4n) is 2.78. The normalized spacial score (nSPS) is 14.0. The van der Waals surface area contributed by atoms with E-state index in [4.69, 9.17) is 4.74 Å². The van der Waals surface area contributed by atoms with Crippen molar-refractivity contribution >= 4 is 6.03 Å². The molecule has 0 atom stereocenters.